The van der Waals surface area contributed by atoms with E-state index in [1.165, 1.54) is 0 Å². The van der Waals surface area contributed by atoms with Crippen LogP contribution in [0.4, 0.5) is 0 Å². The van der Waals surface area contributed by atoms with Crippen molar-refractivity contribution in [2.75, 3.05) is 19.6 Å². The molecule has 7 nitrogen and oxygen atoms in total. The van der Waals surface area contributed by atoms with E-state index in [-0.39, 0.29) is 18.4 Å². The van der Waals surface area contributed by atoms with Gasteiger partial charge in [0.1, 0.15) is 0 Å². The number of likely N-dealkylation sites (tertiary alicyclic amines) is 1. The van der Waals surface area contributed by atoms with Gasteiger partial charge in [-0.05, 0) is 25.7 Å². The Morgan fingerprint density at radius 2 is 2.24 bits per heavy atom. The summed E-state index contributed by atoms with van der Waals surface area (Å²) >= 11 is 0. The SMILES string of the molecule is C[C@H](N)C(=O)N1CCCC(CNS(N)(=O)=O)C1. The van der Waals surface area contributed by atoms with Gasteiger partial charge in [-0.25, -0.2) is 9.86 Å². The molecule has 2 atom stereocenters. The average Bonchev–Trinajstić information content (AvgIpc) is 2.24. The van der Waals surface area contributed by atoms with Gasteiger partial charge in [-0.3, -0.25) is 4.79 Å². The molecular weight excluding hydrogens is 244 g/mol. The molecule has 17 heavy (non-hydrogen) atoms. The van der Waals surface area contributed by atoms with Gasteiger partial charge in [0.05, 0.1) is 6.04 Å². The van der Waals surface area contributed by atoms with Gasteiger partial charge in [0.2, 0.25) is 5.91 Å². The molecule has 8 heteroatoms. The van der Waals surface area contributed by atoms with Crippen LogP contribution in [0.3, 0.4) is 0 Å². The summed E-state index contributed by atoms with van der Waals surface area (Å²) in [4.78, 5) is 13.4. The molecule has 0 aromatic heterocycles. The van der Waals surface area contributed by atoms with Crippen LogP contribution in [0.1, 0.15) is 19.8 Å². The average molecular weight is 264 g/mol. The molecule has 0 aromatic carbocycles. The van der Waals surface area contributed by atoms with Crippen molar-refractivity contribution in [1.29, 1.82) is 0 Å². The van der Waals surface area contributed by atoms with Crippen molar-refractivity contribution in [3.8, 4) is 0 Å². The van der Waals surface area contributed by atoms with E-state index >= 15 is 0 Å². The molecule has 1 aliphatic heterocycles. The van der Waals surface area contributed by atoms with Crippen molar-refractivity contribution in [2.45, 2.75) is 25.8 Å². The van der Waals surface area contributed by atoms with Crippen molar-refractivity contribution >= 4 is 16.1 Å². The second kappa shape index (κ2) is 5.76. The van der Waals surface area contributed by atoms with Gasteiger partial charge in [-0.1, -0.05) is 0 Å². The zero-order chi connectivity index (χ0) is 13.1. The Morgan fingerprint density at radius 1 is 1.59 bits per heavy atom. The van der Waals surface area contributed by atoms with E-state index in [1.54, 1.807) is 11.8 Å². The van der Waals surface area contributed by atoms with E-state index < -0.39 is 16.3 Å². The minimum absolute atomic E-state index is 0.0923. The van der Waals surface area contributed by atoms with Crippen LogP contribution in [0.5, 0.6) is 0 Å². The quantitative estimate of drug-likeness (QED) is 0.564. The van der Waals surface area contributed by atoms with Crippen LogP contribution in [0.15, 0.2) is 0 Å². The standard InChI is InChI=1S/C9H20N4O3S/c1-7(10)9(14)13-4-2-3-8(6-13)5-12-17(11,15)16/h7-8,12H,2-6,10H2,1H3,(H2,11,15,16)/t7-,8?/m0/s1. The highest BCUT2D eigenvalue weighted by molar-refractivity contribution is 7.87. The molecule has 0 radical (unpaired) electrons. The summed E-state index contributed by atoms with van der Waals surface area (Å²) in [6.07, 6.45) is 1.74. The molecule has 1 amide bonds. The maximum absolute atomic E-state index is 11.7. The Bertz CT molecular complexity index is 368. The van der Waals surface area contributed by atoms with Crippen molar-refractivity contribution in [3.05, 3.63) is 0 Å². The minimum atomic E-state index is -3.66. The Hall–Kier alpha value is -0.700. The van der Waals surface area contributed by atoms with Gasteiger partial charge in [0.25, 0.3) is 10.2 Å². The molecule has 0 bridgehead atoms. The molecule has 0 aromatic rings. The van der Waals surface area contributed by atoms with Crippen molar-refractivity contribution in [1.82, 2.24) is 9.62 Å². The lowest BCUT2D eigenvalue weighted by Crippen LogP contribution is -2.49. The molecule has 5 N–H and O–H groups in total. The first-order chi connectivity index (χ1) is 7.79. The van der Waals surface area contributed by atoms with Gasteiger partial charge < -0.3 is 10.6 Å². The lowest BCUT2D eigenvalue weighted by atomic mass is 9.98. The number of nitrogens with one attached hydrogen (secondary N) is 1. The molecule has 1 fully saturated rings. The number of nitrogens with zero attached hydrogens (tertiary/aromatic N) is 1. The molecule has 0 saturated carbocycles. The first kappa shape index (κ1) is 14.4. The fourth-order valence-corrected chi connectivity index (χ4v) is 2.42. The van der Waals surface area contributed by atoms with Crippen LogP contribution >= 0.6 is 0 Å². The third kappa shape index (κ3) is 4.99. The molecule has 0 spiro atoms. The smallest absolute Gasteiger partial charge is 0.274 e. The number of rotatable bonds is 4. The summed E-state index contributed by atoms with van der Waals surface area (Å²) < 4.78 is 23.8. The molecule has 100 valence electrons. The predicted octanol–water partition coefficient (Wildman–Crippen LogP) is -1.63. The number of nitrogens with two attached hydrogens (primary N) is 2. The van der Waals surface area contributed by atoms with Crippen LogP contribution in [-0.4, -0.2) is 44.9 Å². The van der Waals surface area contributed by atoms with E-state index in [4.69, 9.17) is 10.9 Å². The zero-order valence-electron chi connectivity index (χ0n) is 9.93. The molecular formula is C9H20N4O3S. The van der Waals surface area contributed by atoms with Crippen LogP contribution in [0, 0.1) is 5.92 Å². The largest absolute Gasteiger partial charge is 0.341 e. The molecule has 1 aliphatic rings. The number of piperidine rings is 1. The van der Waals surface area contributed by atoms with Gasteiger partial charge >= 0.3 is 0 Å². The molecule has 1 rings (SSSR count). The maximum Gasteiger partial charge on any atom is 0.274 e. The van der Waals surface area contributed by atoms with Crippen molar-refractivity contribution in [2.24, 2.45) is 16.8 Å². The van der Waals surface area contributed by atoms with Crippen molar-refractivity contribution in [3.63, 3.8) is 0 Å². The van der Waals surface area contributed by atoms with Gasteiger partial charge in [0, 0.05) is 19.6 Å². The van der Waals surface area contributed by atoms with E-state index in [2.05, 4.69) is 4.72 Å². The zero-order valence-corrected chi connectivity index (χ0v) is 10.7. The third-order valence-electron chi connectivity index (χ3n) is 2.79. The Balaban J connectivity index is 2.47. The predicted molar refractivity (Wildman–Crippen MR) is 64.1 cm³/mol. The number of hydrogen-bond donors (Lipinski definition) is 3. The molecule has 1 heterocycles. The Labute approximate surface area is 102 Å². The summed E-state index contributed by atoms with van der Waals surface area (Å²) in [5.41, 5.74) is 5.53. The van der Waals surface area contributed by atoms with Gasteiger partial charge in [-0.15, -0.1) is 0 Å². The van der Waals surface area contributed by atoms with Crippen LogP contribution < -0.4 is 15.6 Å². The fraction of sp³-hybridized carbons (Fsp3) is 0.889. The van der Waals surface area contributed by atoms with E-state index in [9.17, 15) is 13.2 Å². The van der Waals surface area contributed by atoms with Crippen LogP contribution in [0.2, 0.25) is 0 Å². The minimum Gasteiger partial charge on any atom is -0.341 e. The lowest BCUT2D eigenvalue weighted by Gasteiger charge is -2.33. The number of carbonyl (C=O) groups excluding carboxylic acids is 1. The second-order valence-corrected chi connectivity index (χ2v) is 5.85. The summed E-state index contributed by atoms with van der Waals surface area (Å²) in [6, 6.07) is -0.514. The fourth-order valence-electron chi connectivity index (χ4n) is 1.95. The third-order valence-corrected chi connectivity index (χ3v) is 3.36. The monoisotopic (exact) mass is 264 g/mol. The van der Waals surface area contributed by atoms with Gasteiger partial charge in [0.15, 0.2) is 0 Å². The maximum atomic E-state index is 11.7. The van der Waals surface area contributed by atoms with Crippen molar-refractivity contribution < 1.29 is 13.2 Å². The number of carbonyl (C=O) groups is 1. The van der Waals surface area contributed by atoms with E-state index in [0.29, 0.717) is 13.1 Å². The Morgan fingerprint density at radius 3 is 2.76 bits per heavy atom. The Kier molecular flexibility index (Phi) is 4.87. The normalized spacial score (nSPS) is 23.5. The topological polar surface area (TPSA) is 119 Å². The molecule has 1 saturated heterocycles. The first-order valence-corrected chi connectivity index (χ1v) is 7.16. The molecule has 0 aliphatic carbocycles. The number of hydrogen-bond acceptors (Lipinski definition) is 4. The number of amides is 1. The summed E-state index contributed by atoms with van der Waals surface area (Å²) in [5, 5.41) is 4.86. The van der Waals surface area contributed by atoms with Crippen LogP contribution in [0.25, 0.3) is 0 Å². The summed E-state index contributed by atoms with van der Waals surface area (Å²) in [6.45, 7) is 3.13. The van der Waals surface area contributed by atoms with Crippen LogP contribution in [-0.2, 0) is 15.0 Å². The molecule has 1 unspecified atom stereocenters. The first-order valence-electron chi connectivity index (χ1n) is 5.61. The second-order valence-electron chi connectivity index (χ2n) is 4.47. The highest BCUT2D eigenvalue weighted by Crippen LogP contribution is 2.16. The van der Waals surface area contributed by atoms with E-state index in [1.807, 2.05) is 0 Å². The summed E-state index contributed by atoms with van der Waals surface area (Å²) in [5.74, 6) is 0.00933. The highest BCUT2D eigenvalue weighted by Gasteiger charge is 2.25. The van der Waals surface area contributed by atoms with Gasteiger partial charge in [-0.2, -0.15) is 8.42 Å². The summed E-state index contributed by atoms with van der Waals surface area (Å²) in [7, 11) is -3.66. The lowest BCUT2D eigenvalue weighted by molar-refractivity contribution is -0.133. The highest BCUT2D eigenvalue weighted by atomic mass is 32.2. The van der Waals surface area contributed by atoms with E-state index in [0.717, 1.165) is 12.8 Å².